The molecule has 0 saturated heterocycles. The van der Waals surface area contributed by atoms with E-state index in [0.29, 0.717) is 16.2 Å². The highest BCUT2D eigenvalue weighted by Crippen LogP contribution is 2.23. The van der Waals surface area contributed by atoms with Crippen molar-refractivity contribution in [3.8, 4) is 11.6 Å². The van der Waals surface area contributed by atoms with Gasteiger partial charge in [-0.3, -0.25) is 9.78 Å². The van der Waals surface area contributed by atoms with Crippen molar-refractivity contribution >= 4 is 28.3 Å². The van der Waals surface area contributed by atoms with Crippen LogP contribution in [0.15, 0.2) is 35.1 Å². The normalized spacial score (nSPS) is 11.0. The first-order valence-electron chi connectivity index (χ1n) is 5.42. The molecule has 1 aromatic carbocycles. The van der Waals surface area contributed by atoms with Gasteiger partial charge in [-0.25, -0.2) is 4.68 Å². The summed E-state index contributed by atoms with van der Waals surface area (Å²) in [5.74, 6) is -0.0632. The molecule has 6 nitrogen and oxygen atoms in total. The fraction of sp³-hybridized carbons (Fsp3) is 0. The average Bonchev–Trinajstić information content (AvgIpc) is 2.66. The molecule has 0 saturated carbocycles. The van der Waals surface area contributed by atoms with E-state index in [2.05, 4.69) is 10.1 Å². The van der Waals surface area contributed by atoms with E-state index in [9.17, 15) is 9.90 Å². The van der Waals surface area contributed by atoms with E-state index in [-0.39, 0.29) is 17.1 Å². The van der Waals surface area contributed by atoms with E-state index in [1.165, 1.54) is 10.7 Å². The first-order valence-corrected chi connectivity index (χ1v) is 5.80. The number of hydrogen-bond donors (Lipinski definition) is 3. The number of pyridine rings is 1. The van der Waals surface area contributed by atoms with E-state index in [4.69, 9.17) is 17.3 Å². The van der Waals surface area contributed by atoms with Crippen LogP contribution in [0.5, 0.6) is 5.88 Å². The van der Waals surface area contributed by atoms with Crippen molar-refractivity contribution in [2.75, 3.05) is 5.73 Å². The Balaban J connectivity index is 2.35. The second-order valence-electron chi connectivity index (χ2n) is 4.02. The smallest absolute Gasteiger partial charge is 0.263 e. The minimum Gasteiger partial charge on any atom is -0.494 e. The van der Waals surface area contributed by atoms with Crippen LogP contribution < -0.4 is 11.3 Å². The van der Waals surface area contributed by atoms with Crippen molar-refractivity contribution in [3.63, 3.8) is 0 Å². The van der Waals surface area contributed by atoms with Gasteiger partial charge in [0.05, 0.1) is 5.69 Å². The van der Waals surface area contributed by atoms with Crippen molar-refractivity contribution in [3.05, 3.63) is 45.7 Å². The van der Waals surface area contributed by atoms with Crippen molar-refractivity contribution in [1.82, 2.24) is 14.8 Å². The van der Waals surface area contributed by atoms with E-state index in [1.807, 2.05) is 0 Å². The summed E-state index contributed by atoms with van der Waals surface area (Å²) in [6.45, 7) is 0. The van der Waals surface area contributed by atoms with Crippen molar-refractivity contribution in [2.45, 2.75) is 0 Å². The molecule has 0 radical (unpaired) electrons. The maximum atomic E-state index is 11.8. The van der Waals surface area contributed by atoms with Gasteiger partial charge < -0.3 is 10.8 Å². The molecule has 96 valence electrons. The molecule has 0 fully saturated rings. The van der Waals surface area contributed by atoms with E-state index < -0.39 is 5.56 Å². The molecular formula is C12H9ClN4O2. The molecule has 7 heteroatoms. The lowest BCUT2D eigenvalue weighted by molar-refractivity contribution is 0.453. The fourth-order valence-electron chi connectivity index (χ4n) is 1.93. The number of fused-ring (bicyclic) bond motifs is 1. The number of aromatic hydroxyl groups is 1. The highest BCUT2D eigenvalue weighted by molar-refractivity contribution is 6.30. The lowest BCUT2D eigenvalue weighted by Gasteiger charge is -2.03. The van der Waals surface area contributed by atoms with E-state index in [1.54, 1.807) is 24.3 Å². The lowest BCUT2D eigenvalue weighted by atomic mass is 10.3. The summed E-state index contributed by atoms with van der Waals surface area (Å²) in [7, 11) is 0. The van der Waals surface area contributed by atoms with Gasteiger partial charge in [0.25, 0.3) is 5.56 Å². The summed E-state index contributed by atoms with van der Waals surface area (Å²) in [4.78, 5) is 14.0. The highest BCUT2D eigenvalue weighted by atomic mass is 35.5. The molecule has 3 rings (SSSR count). The van der Waals surface area contributed by atoms with Gasteiger partial charge in [-0.1, -0.05) is 17.7 Å². The van der Waals surface area contributed by atoms with Gasteiger partial charge in [0.15, 0.2) is 5.88 Å². The zero-order valence-electron chi connectivity index (χ0n) is 9.59. The van der Waals surface area contributed by atoms with Crippen LogP contribution in [-0.4, -0.2) is 19.9 Å². The first-order chi connectivity index (χ1) is 9.06. The van der Waals surface area contributed by atoms with E-state index >= 15 is 0 Å². The van der Waals surface area contributed by atoms with Gasteiger partial charge in [-0.05, 0) is 18.2 Å². The van der Waals surface area contributed by atoms with Gasteiger partial charge in [0.2, 0.25) is 0 Å². The van der Waals surface area contributed by atoms with Gasteiger partial charge in [-0.2, -0.15) is 5.10 Å². The number of nitrogen functional groups attached to an aromatic ring is 1. The monoisotopic (exact) mass is 276 g/mol. The number of nitrogens with two attached hydrogens (primary N) is 1. The number of nitrogens with zero attached hydrogens (tertiary/aromatic N) is 2. The largest absolute Gasteiger partial charge is 0.494 e. The number of nitrogens with one attached hydrogen (secondary N) is 1. The molecule has 3 aromatic rings. The summed E-state index contributed by atoms with van der Waals surface area (Å²) >= 11 is 5.91. The standard InChI is InChI=1S/C12H9ClN4O2/c13-6-2-1-3-7(4-6)17-11(14)10-8(16-17)5-9(18)15-12(10)19/h1-5,18H,14H2,(H,15,19). The second kappa shape index (κ2) is 4.03. The summed E-state index contributed by atoms with van der Waals surface area (Å²) in [5, 5.41) is 14.3. The van der Waals surface area contributed by atoms with Crippen LogP contribution in [0.3, 0.4) is 0 Å². The minimum atomic E-state index is -0.485. The molecule has 4 N–H and O–H groups in total. The minimum absolute atomic E-state index is 0.193. The van der Waals surface area contributed by atoms with Crippen LogP contribution in [0, 0.1) is 0 Å². The Morgan fingerprint density at radius 2 is 2.16 bits per heavy atom. The lowest BCUT2D eigenvalue weighted by Crippen LogP contribution is -2.07. The molecule has 19 heavy (non-hydrogen) atoms. The predicted octanol–water partition coefficient (Wildman–Crippen LogP) is 1.65. The number of benzene rings is 1. The predicted molar refractivity (Wildman–Crippen MR) is 72.8 cm³/mol. The highest BCUT2D eigenvalue weighted by Gasteiger charge is 2.14. The molecule has 0 aliphatic carbocycles. The quantitative estimate of drug-likeness (QED) is 0.629. The molecular weight excluding hydrogens is 268 g/mol. The Bertz CT molecular complexity index is 837. The number of halogens is 1. The number of aromatic amines is 1. The molecule has 2 heterocycles. The van der Waals surface area contributed by atoms with Crippen LogP contribution in [0.4, 0.5) is 5.82 Å². The summed E-state index contributed by atoms with van der Waals surface area (Å²) in [6.07, 6.45) is 0. The second-order valence-corrected chi connectivity index (χ2v) is 4.46. The Morgan fingerprint density at radius 3 is 2.89 bits per heavy atom. The Morgan fingerprint density at radius 1 is 1.37 bits per heavy atom. The zero-order valence-corrected chi connectivity index (χ0v) is 10.3. The van der Waals surface area contributed by atoms with Crippen molar-refractivity contribution < 1.29 is 5.11 Å². The SMILES string of the molecule is Nc1c2c(=O)[nH]c(O)cc2nn1-c1cccc(Cl)c1. The van der Waals surface area contributed by atoms with Crippen LogP contribution in [-0.2, 0) is 0 Å². The molecule has 0 bridgehead atoms. The van der Waals surface area contributed by atoms with Gasteiger partial charge in [0.1, 0.15) is 16.7 Å². The number of H-pyrrole nitrogens is 1. The first kappa shape index (κ1) is 11.6. The van der Waals surface area contributed by atoms with Crippen LogP contribution >= 0.6 is 11.6 Å². The molecule has 0 amide bonds. The third-order valence-electron chi connectivity index (χ3n) is 2.74. The molecule has 0 aliphatic rings. The number of hydrogen-bond acceptors (Lipinski definition) is 4. The fourth-order valence-corrected chi connectivity index (χ4v) is 2.12. The van der Waals surface area contributed by atoms with Crippen LogP contribution in [0.2, 0.25) is 5.02 Å². The third-order valence-corrected chi connectivity index (χ3v) is 2.98. The van der Waals surface area contributed by atoms with Gasteiger partial charge in [0, 0.05) is 11.1 Å². The summed E-state index contributed by atoms with van der Waals surface area (Å²) < 4.78 is 1.41. The van der Waals surface area contributed by atoms with Crippen LogP contribution in [0.25, 0.3) is 16.6 Å². The number of anilines is 1. The van der Waals surface area contributed by atoms with Crippen molar-refractivity contribution in [1.29, 1.82) is 0 Å². The maximum absolute atomic E-state index is 11.8. The topological polar surface area (TPSA) is 96.9 Å². The van der Waals surface area contributed by atoms with Crippen LogP contribution in [0.1, 0.15) is 0 Å². The Hall–Kier alpha value is -2.47. The maximum Gasteiger partial charge on any atom is 0.263 e. The number of aromatic nitrogens is 3. The van der Waals surface area contributed by atoms with Gasteiger partial charge >= 0.3 is 0 Å². The zero-order chi connectivity index (χ0) is 13.6. The summed E-state index contributed by atoms with van der Waals surface area (Å²) in [5.41, 5.74) is 6.40. The Kier molecular flexibility index (Phi) is 2.46. The molecule has 0 spiro atoms. The van der Waals surface area contributed by atoms with E-state index in [0.717, 1.165) is 0 Å². The molecule has 0 atom stereocenters. The number of rotatable bonds is 1. The summed E-state index contributed by atoms with van der Waals surface area (Å²) in [6, 6.07) is 8.27. The third kappa shape index (κ3) is 1.82. The average molecular weight is 277 g/mol. The Labute approximate surface area is 112 Å². The molecule has 0 unspecified atom stereocenters. The molecule has 0 aliphatic heterocycles. The van der Waals surface area contributed by atoms with Gasteiger partial charge in [-0.15, -0.1) is 0 Å². The van der Waals surface area contributed by atoms with Crippen molar-refractivity contribution in [2.24, 2.45) is 0 Å². The molecule has 2 aromatic heterocycles.